The molecule has 0 spiro atoms. The zero-order valence-electron chi connectivity index (χ0n) is 69.6. The molecule has 0 aliphatic heterocycles. The quantitative estimate of drug-likeness (QED) is 0.0526. The van der Waals surface area contributed by atoms with Crippen molar-refractivity contribution in [3.8, 4) is 0 Å². The van der Waals surface area contributed by atoms with Gasteiger partial charge in [0.2, 0.25) is 0 Å². The summed E-state index contributed by atoms with van der Waals surface area (Å²) < 4.78 is 236. The SMILES string of the molecule is CC1(C)CC(=O)CC(=O)C1.CC1C(=O)CC(=O)C1C.CC1C2CC(CC(C)(O)C(F)(F)F)C(C2)C1C.CCC(C)C(=O)OC1CCC(C(C)(O)C(F)(F)F)CC1.CCC(C)C1CCC(C(C)(O)C(F)(F)F)CC1.CCC(C)c1cc(C(C)(O)C(F)(F)F)cc(C(C)(O)C(F)(F)F)c1.CCC(C)c1ccc(C(C)(O)C(F)(F)F)cc1. The molecule has 0 saturated heterocycles. The second kappa shape index (κ2) is 40.4. The molecule has 0 heterocycles. The maximum Gasteiger partial charge on any atom is 0.421 e. The first kappa shape index (κ1) is 105. The number of benzene rings is 2. The molecule has 6 saturated carbocycles. The molecule has 114 heavy (non-hydrogen) atoms. The number of fused-ring (bicyclic) bond motifs is 2. The van der Waals surface area contributed by atoms with E-state index < -0.39 is 93.6 Å². The largest absolute Gasteiger partial charge is 0.462 e. The number of alkyl halides is 18. The van der Waals surface area contributed by atoms with Crippen molar-refractivity contribution in [2.45, 2.75) is 349 Å². The predicted octanol–water partition coefficient (Wildman–Crippen LogP) is 22.1. The maximum atomic E-state index is 13.1. The van der Waals surface area contributed by atoms with Crippen LogP contribution in [0, 0.1) is 76.4 Å². The Morgan fingerprint density at radius 2 is 0.842 bits per heavy atom. The molecule has 6 aliphatic carbocycles. The van der Waals surface area contributed by atoms with E-state index in [4.69, 9.17) is 4.74 Å². The summed E-state index contributed by atoms with van der Waals surface area (Å²) >= 11 is 0. The van der Waals surface area contributed by atoms with Gasteiger partial charge in [-0.2, -0.15) is 79.0 Å². The van der Waals surface area contributed by atoms with Gasteiger partial charge >= 0.3 is 43.0 Å². The maximum absolute atomic E-state index is 13.1. The Kier molecular flexibility index (Phi) is 37.3. The van der Waals surface area contributed by atoms with Gasteiger partial charge < -0.3 is 35.4 Å². The highest BCUT2D eigenvalue weighted by Crippen LogP contribution is 2.58. The third kappa shape index (κ3) is 27.8. The van der Waals surface area contributed by atoms with E-state index in [2.05, 4.69) is 27.7 Å². The lowest BCUT2D eigenvalue weighted by Crippen LogP contribution is -2.50. The Bertz CT molecular complexity index is 3280. The van der Waals surface area contributed by atoms with Gasteiger partial charge in [0.15, 0.2) is 33.6 Å². The lowest BCUT2D eigenvalue weighted by Gasteiger charge is -2.40. The number of halogens is 18. The highest BCUT2D eigenvalue weighted by molar-refractivity contribution is 6.08. The number of ether oxygens (including phenoxy) is 1. The number of esters is 1. The first-order chi connectivity index (χ1) is 51.3. The van der Waals surface area contributed by atoms with Crippen LogP contribution in [0.5, 0.6) is 0 Å². The molecule has 660 valence electrons. The molecular weight excluding hydrogens is 1540 g/mol. The van der Waals surface area contributed by atoms with Gasteiger partial charge in [0.05, 0.1) is 18.8 Å². The van der Waals surface area contributed by atoms with Crippen LogP contribution in [-0.4, -0.2) is 120 Å². The highest BCUT2D eigenvalue weighted by Gasteiger charge is 2.60. The third-order valence-electron chi connectivity index (χ3n) is 25.7. The van der Waals surface area contributed by atoms with Crippen LogP contribution < -0.4 is 0 Å². The number of rotatable bonds is 16. The van der Waals surface area contributed by atoms with Crippen LogP contribution in [-0.2, 0) is 45.5 Å². The minimum Gasteiger partial charge on any atom is -0.462 e. The predicted molar refractivity (Wildman–Crippen MR) is 397 cm³/mol. The fourth-order valence-corrected chi connectivity index (χ4v) is 15.3. The van der Waals surface area contributed by atoms with E-state index in [-0.39, 0.29) is 113 Å². The van der Waals surface area contributed by atoms with Crippen molar-refractivity contribution in [3.05, 3.63) is 70.3 Å². The first-order valence-electron chi connectivity index (χ1n) is 39.6. The molecule has 8 rings (SSSR count). The van der Waals surface area contributed by atoms with E-state index >= 15 is 0 Å². The van der Waals surface area contributed by atoms with E-state index in [1.807, 2.05) is 48.5 Å². The first-order valence-corrected chi connectivity index (χ1v) is 39.6. The number of ketones is 4. The van der Waals surface area contributed by atoms with Crippen LogP contribution >= 0.6 is 0 Å². The Balaban J connectivity index is 0.000000459. The van der Waals surface area contributed by atoms with Crippen LogP contribution in [0.15, 0.2) is 42.5 Å². The summed E-state index contributed by atoms with van der Waals surface area (Å²) in [5.41, 5.74) is -17.7. The normalized spacial score (nSPS) is 28.2. The highest BCUT2D eigenvalue weighted by atomic mass is 19.4. The molecule has 17 atom stereocenters. The number of Topliss-reactive ketones (excluding diaryl/α,β-unsaturated/α-hetero) is 4. The summed E-state index contributed by atoms with van der Waals surface area (Å²) in [6.07, 6.45) is -18.6. The Morgan fingerprint density at radius 3 is 1.15 bits per heavy atom. The van der Waals surface area contributed by atoms with Gasteiger partial charge in [-0.05, 0) is 236 Å². The fourth-order valence-electron chi connectivity index (χ4n) is 15.3. The van der Waals surface area contributed by atoms with Gasteiger partial charge in [0, 0.05) is 24.7 Å². The third-order valence-corrected chi connectivity index (χ3v) is 25.7. The minimum absolute atomic E-state index is 0.0301. The molecule has 6 aliphatic rings. The molecular formula is C84H126F18O12. The van der Waals surface area contributed by atoms with Crippen molar-refractivity contribution in [3.63, 3.8) is 0 Å². The van der Waals surface area contributed by atoms with Crippen LogP contribution in [0.1, 0.15) is 300 Å². The van der Waals surface area contributed by atoms with Gasteiger partial charge in [-0.15, -0.1) is 0 Å². The smallest absolute Gasteiger partial charge is 0.421 e. The molecule has 2 bridgehead atoms. The van der Waals surface area contributed by atoms with E-state index in [1.165, 1.54) is 12.1 Å². The van der Waals surface area contributed by atoms with Crippen molar-refractivity contribution in [2.75, 3.05) is 0 Å². The van der Waals surface area contributed by atoms with E-state index in [1.54, 1.807) is 32.9 Å². The monoisotopic (exact) mass is 1670 g/mol. The van der Waals surface area contributed by atoms with Crippen molar-refractivity contribution in [2.24, 2.45) is 76.4 Å². The molecule has 2 aromatic carbocycles. The average Bonchev–Trinajstić information content (AvgIpc) is 1.30. The minimum atomic E-state index is -5.08. The number of hydrogen-bond donors (Lipinski definition) is 6. The van der Waals surface area contributed by atoms with Gasteiger partial charge in [-0.3, -0.25) is 24.0 Å². The molecule has 2 aromatic rings. The topological polar surface area (TPSA) is 216 Å². The lowest BCUT2D eigenvalue weighted by molar-refractivity contribution is -0.276. The lowest BCUT2D eigenvalue weighted by atomic mass is 9.70. The molecule has 30 heteroatoms. The number of aliphatic hydroxyl groups is 6. The summed E-state index contributed by atoms with van der Waals surface area (Å²) in [6, 6.07) is 8.57. The van der Waals surface area contributed by atoms with Gasteiger partial charge in [-0.25, -0.2) is 0 Å². The molecule has 17 unspecified atom stereocenters. The van der Waals surface area contributed by atoms with Crippen LogP contribution in [0.2, 0.25) is 0 Å². The van der Waals surface area contributed by atoms with Crippen LogP contribution in [0.3, 0.4) is 0 Å². The van der Waals surface area contributed by atoms with Crippen LogP contribution in [0.25, 0.3) is 0 Å². The van der Waals surface area contributed by atoms with E-state index in [0.29, 0.717) is 113 Å². The molecule has 0 amide bonds. The summed E-state index contributed by atoms with van der Waals surface area (Å²) in [6.45, 7) is 31.6. The van der Waals surface area contributed by atoms with E-state index in [0.717, 1.165) is 83.9 Å². The van der Waals surface area contributed by atoms with Gasteiger partial charge in [0.25, 0.3) is 0 Å². The summed E-state index contributed by atoms with van der Waals surface area (Å²) in [7, 11) is 0. The molecule has 6 fully saturated rings. The number of carbonyl (C=O) groups is 5. The molecule has 12 nitrogen and oxygen atoms in total. The van der Waals surface area contributed by atoms with E-state index in [9.17, 15) is 134 Å². The Labute approximate surface area is 660 Å². The zero-order chi connectivity index (χ0) is 89.0. The van der Waals surface area contributed by atoms with Crippen LogP contribution in [0.4, 0.5) is 79.0 Å². The Hall–Kier alpha value is -4.91. The van der Waals surface area contributed by atoms with Crippen molar-refractivity contribution in [1.82, 2.24) is 0 Å². The molecule has 0 radical (unpaired) electrons. The van der Waals surface area contributed by atoms with Crippen molar-refractivity contribution >= 4 is 29.1 Å². The summed E-state index contributed by atoms with van der Waals surface area (Å²) in [4.78, 5) is 54.9. The molecule has 6 N–H and O–H groups in total. The second-order valence-electron chi connectivity index (χ2n) is 35.1. The fraction of sp³-hybridized carbons (Fsp3) is 0.798. The Morgan fingerprint density at radius 1 is 0.465 bits per heavy atom. The van der Waals surface area contributed by atoms with Crippen molar-refractivity contribution in [1.29, 1.82) is 0 Å². The number of hydrogen-bond acceptors (Lipinski definition) is 12. The van der Waals surface area contributed by atoms with Gasteiger partial charge in [-0.1, -0.05) is 140 Å². The number of carbonyl (C=O) groups excluding carboxylic acids is 5. The van der Waals surface area contributed by atoms with Gasteiger partial charge in [0.1, 0.15) is 29.2 Å². The summed E-state index contributed by atoms with van der Waals surface area (Å²) in [5.74, 6) is 1.58. The zero-order valence-corrected chi connectivity index (χ0v) is 69.6. The average molecular weight is 1670 g/mol. The molecule has 0 aromatic heterocycles. The van der Waals surface area contributed by atoms with Crippen molar-refractivity contribution < 1.29 is 138 Å². The standard InChI is InChI=1S/C16H20F6O2.C14H23F3O3.C13H21F3O.C13H23F3O.C13H17F3O.C8H12O2.C7H10O2/c1-5-9(2)10-6-11(13(3,23)15(17,18)19)8-12(7-10)14(4,24)16(20,21)22;1-4-9(2)12(18)20-11-7-5-10(6-8-11)13(3,19)14(15,16)17;1-7-8(2)11-5-9(7)4-10(11)6-12(3,17)13(14,15)16;2*1-4-9(2)10-5-7-11(8-6-10)12(3,17)13(14,15)16;1-8(2)4-6(9)3-7(10)5-8;1-4-5(2)7(9)3-6(4)8/h6-9,23-24H,5H2,1-4H3;9-11,19H,4-8H2,1-3H3;7-11,17H,4-6H2,1-3H3;9-11,17H,4-8H2,1-3H3;5-9,17H,4H2,1-3H3;3-5H2,1-2H3;4-5H,3H2,1-2H3. The summed E-state index contributed by atoms with van der Waals surface area (Å²) in [5, 5.41) is 57.9. The second-order valence-corrected chi connectivity index (χ2v) is 35.1.